The number of amides is 1. The van der Waals surface area contributed by atoms with Gasteiger partial charge in [-0.25, -0.2) is 0 Å². The van der Waals surface area contributed by atoms with Gasteiger partial charge in [-0.05, 0) is 26.2 Å². The van der Waals surface area contributed by atoms with Gasteiger partial charge >= 0.3 is 0 Å². The van der Waals surface area contributed by atoms with E-state index in [4.69, 9.17) is 4.74 Å². The van der Waals surface area contributed by atoms with Crippen LogP contribution in [0.3, 0.4) is 0 Å². The lowest BCUT2D eigenvalue weighted by Gasteiger charge is -2.27. The average Bonchev–Trinajstić information content (AvgIpc) is 2.39. The summed E-state index contributed by atoms with van der Waals surface area (Å²) in [5, 5.41) is 0. The average molecular weight is 199 g/mol. The monoisotopic (exact) mass is 199 g/mol. The fourth-order valence-corrected chi connectivity index (χ4v) is 1.77. The van der Waals surface area contributed by atoms with Crippen molar-refractivity contribution in [3.8, 4) is 0 Å². The molecule has 82 valence electrons. The molecule has 0 bridgehead atoms. The van der Waals surface area contributed by atoms with Crippen LogP contribution in [0.2, 0.25) is 0 Å². The van der Waals surface area contributed by atoms with Crippen molar-refractivity contribution in [1.29, 1.82) is 0 Å². The molecule has 0 N–H and O–H groups in total. The minimum atomic E-state index is -0.0412. The van der Waals surface area contributed by atoms with Crippen molar-refractivity contribution < 1.29 is 9.53 Å². The van der Waals surface area contributed by atoms with Gasteiger partial charge in [-0.1, -0.05) is 13.3 Å². The predicted octanol–water partition coefficient (Wildman–Crippen LogP) is 2.16. The lowest BCUT2D eigenvalue weighted by molar-refractivity contribution is -0.143. The van der Waals surface area contributed by atoms with Crippen LogP contribution in [-0.2, 0) is 9.53 Å². The molecule has 0 aliphatic carbocycles. The summed E-state index contributed by atoms with van der Waals surface area (Å²) in [7, 11) is 0. The van der Waals surface area contributed by atoms with Crippen LogP contribution < -0.4 is 0 Å². The molecule has 0 aromatic heterocycles. The number of hydrogen-bond acceptors (Lipinski definition) is 2. The largest absolute Gasteiger partial charge is 0.359 e. The van der Waals surface area contributed by atoms with Crippen molar-refractivity contribution in [1.82, 2.24) is 4.90 Å². The van der Waals surface area contributed by atoms with Crippen molar-refractivity contribution in [2.75, 3.05) is 13.2 Å². The quantitative estimate of drug-likeness (QED) is 0.694. The highest BCUT2D eigenvalue weighted by atomic mass is 16.5. The van der Waals surface area contributed by atoms with Gasteiger partial charge in [0, 0.05) is 19.6 Å². The maximum Gasteiger partial charge on any atom is 0.224 e. The molecule has 1 heterocycles. The van der Waals surface area contributed by atoms with Crippen LogP contribution in [0.15, 0.2) is 0 Å². The maximum atomic E-state index is 11.7. The van der Waals surface area contributed by atoms with Gasteiger partial charge in [-0.2, -0.15) is 0 Å². The van der Waals surface area contributed by atoms with Crippen LogP contribution in [0, 0.1) is 0 Å². The number of nitrogens with zero attached hydrogens (tertiary/aromatic N) is 1. The summed E-state index contributed by atoms with van der Waals surface area (Å²) in [6.45, 7) is 5.66. The fraction of sp³-hybridized carbons (Fsp3) is 0.909. The summed E-state index contributed by atoms with van der Waals surface area (Å²) < 4.78 is 5.56. The van der Waals surface area contributed by atoms with Gasteiger partial charge in [-0.3, -0.25) is 4.79 Å². The van der Waals surface area contributed by atoms with E-state index >= 15 is 0 Å². The smallest absolute Gasteiger partial charge is 0.224 e. The highest BCUT2D eigenvalue weighted by molar-refractivity contribution is 5.76. The number of rotatable bonds is 4. The molecule has 14 heavy (non-hydrogen) atoms. The first-order valence-electron chi connectivity index (χ1n) is 5.66. The molecule has 3 nitrogen and oxygen atoms in total. The Morgan fingerprint density at radius 2 is 2.21 bits per heavy atom. The molecule has 0 radical (unpaired) electrons. The van der Waals surface area contributed by atoms with Gasteiger partial charge in [0.2, 0.25) is 5.91 Å². The summed E-state index contributed by atoms with van der Waals surface area (Å²) in [6, 6.07) is 0. The van der Waals surface area contributed by atoms with E-state index in [1.54, 1.807) is 0 Å². The molecule has 1 atom stereocenters. The van der Waals surface area contributed by atoms with Crippen molar-refractivity contribution in [2.45, 2.75) is 52.2 Å². The second kappa shape index (κ2) is 6.02. The fourth-order valence-electron chi connectivity index (χ4n) is 1.77. The minimum Gasteiger partial charge on any atom is -0.359 e. The van der Waals surface area contributed by atoms with E-state index < -0.39 is 0 Å². The second-order valence-electron chi connectivity index (χ2n) is 3.87. The zero-order chi connectivity index (χ0) is 10.4. The SMILES string of the molecule is CCCOC(C)N1CCCCCC1=O. The molecule has 1 amide bonds. The van der Waals surface area contributed by atoms with Gasteiger partial charge in [0.15, 0.2) is 0 Å². The van der Waals surface area contributed by atoms with Crippen LogP contribution >= 0.6 is 0 Å². The summed E-state index contributed by atoms with van der Waals surface area (Å²) in [5.74, 6) is 0.256. The zero-order valence-corrected chi connectivity index (χ0v) is 9.29. The summed E-state index contributed by atoms with van der Waals surface area (Å²) in [6.07, 6.45) is 4.98. The summed E-state index contributed by atoms with van der Waals surface area (Å²) in [5.41, 5.74) is 0. The van der Waals surface area contributed by atoms with Crippen LogP contribution in [0.5, 0.6) is 0 Å². The highest BCUT2D eigenvalue weighted by Gasteiger charge is 2.21. The van der Waals surface area contributed by atoms with Gasteiger partial charge in [0.05, 0.1) is 0 Å². The van der Waals surface area contributed by atoms with Gasteiger partial charge < -0.3 is 9.64 Å². The first kappa shape index (κ1) is 11.5. The van der Waals surface area contributed by atoms with Crippen molar-refractivity contribution in [2.24, 2.45) is 0 Å². The van der Waals surface area contributed by atoms with E-state index in [0.717, 1.165) is 32.4 Å². The third kappa shape index (κ3) is 3.29. The van der Waals surface area contributed by atoms with Crippen molar-refractivity contribution in [3.63, 3.8) is 0 Å². The number of ether oxygens (including phenoxy) is 1. The Balaban J connectivity index is 2.41. The van der Waals surface area contributed by atoms with Crippen LogP contribution in [-0.4, -0.2) is 30.2 Å². The van der Waals surface area contributed by atoms with E-state index in [9.17, 15) is 4.79 Å². The summed E-state index contributed by atoms with van der Waals surface area (Å²) in [4.78, 5) is 13.5. The Labute approximate surface area is 86.4 Å². The first-order valence-corrected chi connectivity index (χ1v) is 5.66. The molecule has 1 unspecified atom stereocenters. The number of hydrogen-bond donors (Lipinski definition) is 0. The molecule has 1 saturated heterocycles. The Morgan fingerprint density at radius 3 is 2.93 bits per heavy atom. The number of likely N-dealkylation sites (tertiary alicyclic amines) is 1. The minimum absolute atomic E-state index is 0.0412. The first-order chi connectivity index (χ1) is 6.75. The molecule has 0 saturated carbocycles. The molecule has 0 aromatic carbocycles. The Morgan fingerprint density at radius 1 is 1.43 bits per heavy atom. The van der Waals surface area contributed by atoms with E-state index in [-0.39, 0.29) is 12.1 Å². The standard InChI is InChI=1S/C11H21NO2/c1-3-9-14-10(2)12-8-6-4-5-7-11(12)13/h10H,3-9H2,1-2H3. The molecule has 1 rings (SSSR count). The lowest BCUT2D eigenvalue weighted by atomic mass is 10.2. The molecule has 1 fully saturated rings. The van der Waals surface area contributed by atoms with Crippen LogP contribution in [0.4, 0.5) is 0 Å². The molecule has 0 aromatic rings. The number of carbonyl (C=O) groups is 1. The van der Waals surface area contributed by atoms with Crippen molar-refractivity contribution >= 4 is 5.91 Å². The Kier molecular flexibility index (Phi) is 4.94. The predicted molar refractivity (Wildman–Crippen MR) is 55.9 cm³/mol. The Bertz CT molecular complexity index is 182. The molecular formula is C11H21NO2. The van der Waals surface area contributed by atoms with E-state index in [1.165, 1.54) is 6.42 Å². The van der Waals surface area contributed by atoms with E-state index in [0.29, 0.717) is 6.42 Å². The third-order valence-electron chi connectivity index (χ3n) is 2.61. The van der Waals surface area contributed by atoms with Gasteiger partial charge in [-0.15, -0.1) is 0 Å². The van der Waals surface area contributed by atoms with Crippen LogP contribution in [0.1, 0.15) is 46.0 Å². The molecule has 0 spiro atoms. The van der Waals surface area contributed by atoms with Gasteiger partial charge in [0.1, 0.15) is 6.23 Å². The topological polar surface area (TPSA) is 29.5 Å². The maximum absolute atomic E-state index is 11.7. The normalized spacial score (nSPS) is 20.7. The van der Waals surface area contributed by atoms with Crippen molar-refractivity contribution in [3.05, 3.63) is 0 Å². The van der Waals surface area contributed by atoms with Crippen LogP contribution in [0.25, 0.3) is 0 Å². The van der Waals surface area contributed by atoms with E-state index in [1.807, 2.05) is 11.8 Å². The number of carbonyl (C=O) groups excluding carboxylic acids is 1. The van der Waals surface area contributed by atoms with Gasteiger partial charge in [0.25, 0.3) is 0 Å². The molecule has 1 aliphatic heterocycles. The van der Waals surface area contributed by atoms with E-state index in [2.05, 4.69) is 6.92 Å². The third-order valence-corrected chi connectivity index (χ3v) is 2.61. The Hall–Kier alpha value is -0.570. The highest BCUT2D eigenvalue weighted by Crippen LogP contribution is 2.14. The molecule has 1 aliphatic rings. The lowest BCUT2D eigenvalue weighted by Crippen LogP contribution is -2.39. The molecule has 3 heteroatoms. The summed E-state index contributed by atoms with van der Waals surface area (Å²) >= 11 is 0. The molecular weight excluding hydrogens is 178 g/mol. The second-order valence-corrected chi connectivity index (χ2v) is 3.87. The zero-order valence-electron chi connectivity index (χ0n) is 9.29.